The summed E-state index contributed by atoms with van der Waals surface area (Å²) >= 11 is 5.40. The van der Waals surface area contributed by atoms with E-state index in [2.05, 4.69) is 9.72 Å². The highest BCUT2D eigenvalue weighted by Crippen LogP contribution is 2.34. The molecule has 0 amide bonds. The zero-order chi connectivity index (χ0) is 17.1. The summed E-state index contributed by atoms with van der Waals surface area (Å²) < 4.78 is 44.0. The van der Waals surface area contributed by atoms with Crippen molar-refractivity contribution in [2.75, 3.05) is 6.61 Å². The average Bonchev–Trinajstić information content (AvgIpc) is 2.36. The third-order valence-corrected chi connectivity index (χ3v) is 2.96. The predicted octanol–water partition coefficient (Wildman–Crippen LogP) is 3.85. The van der Waals surface area contributed by atoms with Crippen LogP contribution in [-0.2, 0) is 17.3 Å². The van der Waals surface area contributed by atoms with Crippen LogP contribution in [0.1, 0.15) is 52.7 Å². The number of carbonyl (C=O) groups is 2. The van der Waals surface area contributed by atoms with Crippen molar-refractivity contribution in [3.8, 4) is 0 Å². The van der Waals surface area contributed by atoms with Gasteiger partial charge in [-0.05, 0) is 36.4 Å². The Morgan fingerprint density at radius 3 is 2.36 bits per heavy atom. The Morgan fingerprint density at radius 1 is 1.36 bits per heavy atom. The largest absolute Gasteiger partial charge is 0.462 e. The molecule has 0 N–H and O–H groups in total. The van der Waals surface area contributed by atoms with Crippen molar-refractivity contribution >= 4 is 22.8 Å². The van der Waals surface area contributed by atoms with Crippen molar-refractivity contribution in [3.63, 3.8) is 0 Å². The second-order valence-corrected chi connectivity index (χ2v) is 5.31. The molecule has 0 saturated carbocycles. The van der Waals surface area contributed by atoms with Gasteiger partial charge in [0.2, 0.25) is 0 Å². The summed E-state index contributed by atoms with van der Waals surface area (Å²) in [5.74, 6) is -1.27. The Labute approximate surface area is 130 Å². The van der Waals surface area contributed by atoms with E-state index in [1.807, 2.05) is 0 Å². The third kappa shape index (κ3) is 4.19. The summed E-state index contributed by atoms with van der Waals surface area (Å²) in [4.78, 5) is 26.6. The molecule has 0 aliphatic heterocycles. The van der Waals surface area contributed by atoms with E-state index in [0.29, 0.717) is 0 Å². The van der Waals surface area contributed by atoms with Gasteiger partial charge in [0.05, 0.1) is 17.7 Å². The minimum Gasteiger partial charge on any atom is -0.462 e. The van der Waals surface area contributed by atoms with Crippen LogP contribution in [0, 0.1) is 5.92 Å². The number of halogens is 4. The monoisotopic (exact) mass is 337 g/mol. The molecule has 0 aliphatic rings. The van der Waals surface area contributed by atoms with Crippen molar-refractivity contribution in [1.29, 1.82) is 0 Å². The lowest BCUT2D eigenvalue weighted by molar-refractivity contribution is -0.141. The molecular formula is C14H15ClF3NO3. The van der Waals surface area contributed by atoms with Crippen LogP contribution in [0.4, 0.5) is 13.2 Å². The van der Waals surface area contributed by atoms with Gasteiger partial charge in [-0.25, -0.2) is 4.79 Å². The lowest BCUT2D eigenvalue weighted by Gasteiger charge is -2.18. The first-order chi connectivity index (χ1) is 10.1. The standard InChI is InChI=1S/C14H15ClF3NO3/c1-4-22-13(21)10-8(5-7(2)3)9(12(15)20)6-19-11(10)14(16,17)18/h6-7H,4-5H2,1-3H3. The Balaban J connectivity index is 3.69. The number of ether oxygens (including phenoxy) is 1. The summed E-state index contributed by atoms with van der Waals surface area (Å²) in [6, 6.07) is 0. The van der Waals surface area contributed by atoms with Crippen molar-refractivity contribution in [2.45, 2.75) is 33.4 Å². The minimum absolute atomic E-state index is 0.0630. The van der Waals surface area contributed by atoms with E-state index >= 15 is 0 Å². The highest BCUT2D eigenvalue weighted by molar-refractivity contribution is 6.68. The molecule has 0 aliphatic carbocycles. The lowest BCUT2D eigenvalue weighted by Crippen LogP contribution is -2.22. The number of aromatic nitrogens is 1. The smallest absolute Gasteiger partial charge is 0.434 e. The van der Waals surface area contributed by atoms with Crippen LogP contribution in [0.25, 0.3) is 0 Å². The number of esters is 1. The van der Waals surface area contributed by atoms with Gasteiger partial charge in [-0.15, -0.1) is 0 Å². The third-order valence-electron chi connectivity index (χ3n) is 2.76. The van der Waals surface area contributed by atoms with Crippen LogP contribution in [0.5, 0.6) is 0 Å². The zero-order valence-electron chi connectivity index (χ0n) is 12.3. The van der Waals surface area contributed by atoms with Gasteiger partial charge in [-0.1, -0.05) is 13.8 Å². The lowest BCUT2D eigenvalue weighted by atomic mass is 9.93. The molecule has 0 radical (unpaired) electrons. The molecular weight excluding hydrogens is 323 g/mol. The molecule has 0 aromatic carbocycles. The van der Waals surface area contributed by atoms with Crippen molar-refractivity contribution in [1.82, 2.24) is 4.98 Å². The van der Waals surface area contributed by atoms with E-state index in [-0.39, 0.29) is 30.1 Å². The number of nitrogens with zero attached hydrogens (tertiary/aromatic N) is 1. The molecule has 0 spiro atoms. The van der Waals surface area contributed by atoms with Gasteiger partial charge in [0, 0.05) is 6.20 Å². The van der Waals surface area contributed by atoms with Gasteiger partial charge in [-0.3, -0.25) is 9.78 Å². The average molecular weight is 338 g/mol. The maximum Gasteiger partial charge on any atom is 0.434 e. The molecule has 1 aromatic rings. The molecule has 0 bridgehead atoms. The molecule has 1 aromatic heterocycles. The number of pyridine rings is 1. The van der Waals surface area contributed by atoms with Crippen molar-refractivity contribution in [3.05, 3.63) is 28.6 Å². The first-order valence-electron chi connectivity index (χ1n) is 6.55. The summed E-state index contributed by atoms with van der Waals surface area (Å²) in [5, 5.41) is -0.970. The van der Waals surface area contributed by atoms with E-state index in [1.54, 1.807) is 13.8 Å². The molecule has 22 heavy (non-hydrogen) atoms. The van der Waals surface area contributed by atoms with Crippen molar-refractivity contribution in [2.24, 2.45) is 5.92 Å². The summed E-state index contributed by atoms with van der Waals surface area (Å²) in [6.07, 6.45) is -4.03. The van der Waals surface area contributed by atoms with E-state index in [9.17, 15) is 22.8 Å². The number of rotatable bonds is 5. The molecule has 0 unspecified atom stereocenters. The zero-order valence-corrected chi connectivity index (χ0v) is 13.0. The van der Waals surface area contributed by atoms with Gasteiger partial charge in [0.15, 0.2) is 5.69 Å². The molecule has 0 saturated heterocycles. The molecule has 1 heterocycles. The fourth-order valence-corrected chi connectivity index (χ4v) is 2.14. The normalized spacial score (nSPS) is 11.6. The maximum atomic E-state index is 13.1. The maximum absolute atomic E-state index is 13.1. The summed E-state index contributed by atoms with van der Waals surface area (Å²) in [6.45, 7) is 4.85. The molecule has 122 valence electrons. The van der Waals surface area contributed by atoms with E-state index < -0.39 is 28.6 Å². The number of alkyl halides is 3. The van der Waals surface area contributed by atoms with E-state index in [1.165, 1.54) is 6.92 Å². The highest BCUT2D eigenvalue weighted by atomic mass is 35.5. The SMILES string of the molecule is CCOC(=O)c1c(C(F)(F)F)ncc(C(=O)Cl)c1CC(C)C. The van der Waals surface area contributed by atoms with E-state index in [4.69, 9.17) is 11.6 Å². The first-order valence-corrected chi connectivity index (χ1v) is 6.93. The quantitative estimate of drug-likeness (QED) is 0.605. The van der Waals surface area contributed by atoms with Gasteiger partial charge in [0.1, 0.15) is 0 Å². The molecule has 8 heteroatoms. The molecule has 0 fully saturated rings. The molecule has 1 rings (SSSR count). The second kappa shape index (κ2) is 7.09. The number of carbonyl (C=O) groups excluding carboxylic acids is 2. The topological polar surface area (TPSA) is 56.3 Å². The Kier molecular flexibility index (Phi) is 5.93. The van der Waals surface area contributed by atoms with Gasteiger partial charge in [-0.2, -0.15) is 13.2 Å². The van der Waals surface area contributed by atoms with Gasteiger partial charge >= 0.3 is 12.1 Å². The van der Waals surface area contributed by atoms with Crippen LogP contribution in [-0.4, -0.2) is 22.8 Å². The van der Waals surface area contributed by atoms with Crippen LogP contribution in [0.2, 0.25) is 0 Å². The Hall–Kier alpha value is -1.63. The summed E-state index contributed by atoms with van der Waals surface area (Å²) in [5.41, 5.74) is -2.42. The van der Waals surface area contributed by atoms with Crippen LogP contribution >= 0.6 is 11.6 Å². The number of hydrogen-bond acceptors (Lipinski definition) is 4. The number of hydrogen-bond donors (Lipinski definition) is 0. The molecule has 4 nitrogen and oxygen atoms in total. The van der Waals surface area contributed by atoms with Gasteiger partial charge < -0.3 is 4.74 Å². The second-order valence-electron chi connectivity index (χ2n) is 4.96. The van der Waals surface area contributed by atoms with E-state index in [0.717, 1.165) is 6.20 Å². The summed E-state index contributed by atoms with van der Waals surface area (Å²) in [7, 11) is 0. The Morgan fingerprint density at radius 2 is 1.95 bits per heavy atom. The van der Waals surface area contributed by atoms with Crippen LogP contribution in [0.3, 0.4) is 0 Å². The van der Waals surface area contributed by atoms with Crippen molar-refractivity contribution < 1.29 is 27.5 Å². The minimum atomic E-state index is -4.85. The predicted molar refractivity (Wildman–Crippen MR) is 73.9 cm³/mol. The Bertz CT molecular complexity index is 585. The molecule has 0 atom stereocenters. The fourth-order valence-electron chi connectivity index (χ4n) is 1.98. The van der Waals surface area contributed by atoms with Crippen LogP contribution in [0.15, 0.2) is 6.20 Å². The van der Waals surface area contributed by atoms with Gasteiger partial charge in [0.25, 0.3) is 5.24 Å². The van der Waals surface area contributed by atoms with Crippen LogP contribution < -0.4 is 0 Å². The fraction of sp³-hybridized carbons (Fsp3) is 0.500. The first kappa shape index (κ1) is 18.4. The highest BCUT2D eigenvalue weighted by Gasteiger charge is 2.40.